The van der Waals surface area contributed by atoms with Crippen LogP contribution < -0.4 is 0 Å². The van der Waals surface area contributed by atoms with Gasteiger partial charge >= 0.3 is 0 Å². The summed E-state index contributed by atoms with van der Waals surface area (Å²) in [6.07, 6.45) is 6.99. The van der Waals surface area contributed by atoms with E-state index in [1.54, 1.807) is 0 Å². The van der Waals surface area contributed by atoms with Crippen molar-refractivity contribution in [2.45, 2.75) is 34.1 Å². The lowest BCUT2D eigenvalue weighted by atomic mass is 9.80. The normalized spacial score (nSPS) is 16.5. The van der Waals surface area contributed by atoms with Crippen LogP contribution in [0.25, 0.3) is 0 Å². The molecule has 0 amide bonds. The van der Waals surface area contributed by atoms with Crippen molar-refractivity contribution in [3.63, 3.8) is 0 Å². The average Bonchev–Trinajstić information content (AvgIpc) is 2.61. The third-order valence-electron chi connectivity index (χ3n) is 3.43. The number of halogens is 1. The highest BCUT2D eigenvalue weighted by atomic mass is 79.9. The lowest BCUT2D eigenvalue weighted by Gasteiger charge is -2.21. The summed E-state index contributed by atoms with van der Waals surface area (Å²) in [7, 11) is 0. The molecule has 0 bridgehead atoms. The Morgan fingerprint density at radius 2 is 1.58 bits per heavy atom. The number of nitrogens with zero attached hydrogens (tertiary/aromatic N) is 2. The molecule has 0 unspecified atom stereocenters. The molecular formula is C16H19BrN2. The van der Waals surface area contributed by atoms with E-state index in [0.29, 0.717) is 0 Å². The van der Waals surface area contributed by atoms with Gasteiger partial charge in [-0.05, 0) is 45.3 Å². The smallest absolute Gasteiger partial charge is 0.0766 e. The highest BCUT2D eigenvalue weighted by Gasteiger charge is 2.27. The standard InChI is InChI=1S/C16H19BrN2/c1-15(2,10-18)13-6-5-12(9-17)7-14(8-13)16(3,4)11-19/h6-8H,5,9H2,1-4H3. The van der Waals surface area contributed by atoms with Crippen LogP contribution in [0.15, 0.2) is 34.9 Å². The molecule has 0 atom stereocenters. The predicted molar refractivity (Wildman–Crippen MR) is 81.4 cm³/mol. The zero-order valence-electron chi connectivity index (χ0n) is 11.9. The molecule has 0 radical (unpaired) electrons. The summed E-state index contributed by atoms with van der Waals surface area (Å²) < 4.78 is 0. The molecule has 1 rings (SSSR count). The predicted octanol–water partition coefficient (Wildman–Crippen LogP) is 4.66. The van der Waals surface area contributed by atoms with Gasteiger partial charge in [-0.15, -0.1) is 0 Å². The van der Waals surface area contributed by atoms with E-state index in [1.807, 2.05) is 33.8 Å². The van der Waals surface area contributed by atoms with Gasteiger partial charge in [0.05, 0.1) is 23.0 Å². The number of hydrogen-bond acceptors (Lipinski definition) is 2. The first-order valence-corrected chi connectivity index (χ1v) is 7.39. The van der Waals surface area contributed by atoms with Crippen molar-refractivity contribution >= 4 is 15.9 Å². The third kappa shape index (κ3) is 3.58. The molecule has 0 saturated carbocycles. The number of allylic oxidation sites excluding steroid dienone is 6. The van der Waals surface area contributed by atoms with Crippen LogP contribution in [-0.4, -0.2) is 5.33 Å². The van der Waals surface area contributed by atoms with Gasteiger partial charge in [0.2, 0.25) is 0 Å². The highest BCUT2D eigenvalue weighted by Crippen LogP contribution is 2.36. The summed E-state index contributed by atoms with van der Waals surface area (Å²) in [5.41, 5.74) is 2.09. The molecule has 0 spiro atoms. The third-order valence-corrected chi connectivity index (χ3v) is 4.15. The molecule has 0 aliphatic heterocycles. The van der Waals surface area contributed by atoms with Crippen LogP contribution in [0.1, 0.15) is 34.1 Å². The second-order valence-electron chi connectivity index (χ2n) is 5.87. The maximum atomic E-state index is 9.33. The molecule has 19 heavy (non-hydrogen) atoms. The van der Waals surface area contributed by atoms with Crippen LogP contribution in [-0.2, 0) is 0 Å². The van der Waals surface area contributed by atoms with Crippen molar-refractivity contribution < 1.29 is 0 Å². The van der Waals surface area contributed by atoms with Gasteiger partial charge in [0, 0.05) is 5.33 Å². The Balaban J connectivity index is 3.36. The summed E-state index contributed by atoms with van der Waals surface area (Å²) in [6, 6.07) is 4.67. The van der Waals surface area contributed by atoms with Crippen LogP contribution in [0.3, 0.4) is 0 Å². The number of rotatable bonds is 3. The topological polar surface area (TPSA) is 47.6 Å². The van der Waals surface area contributed by atoms with Crippen LogP contribution in [0, 0.1) is 33.5 Å². The highest BCUT2D eigenvalue weighted by molar-refractivity contribution is 9.09. The van der Waals surface area contributed by atoms with Crippen molar-refractivity contribution in [2.24, 2.45) is 10.8 Å². The lowest BCUT2D eigenvalue weighted by Crippen LogP contribution is -2.14. The maximum Gasteiger partial charge on any atom is 0.0766 e. The summed E-state index contributed by atoms with van der Waals surface area (Å²) in [6.45, 7) is 7.63. The summed E-state index contributed by atoms with van der Waals surface area (Å²) in [4.78, 5) is 0. The minimum atomic E-state index is -0.553. The molecule has 100 valence electrons. The maximum absolute atomic E-state index is 9.33. The zero-order chi connectivity index (χ0) is 14.7. The molecular weight excluding hydrogens is 300 g/mol. The van der Waals surface area contributed by atoms with E-state index in [-0.39, 0.29) is 0 Å². The van der Waals surface area contributed by atoms with Gasteiger partial charge in [-0.2, -0.15) is 10.5 Å². The largest absolute Gasteiger partial charge is 0.197 e. The van der Waals surface area contributed by atoms with E-state index in [2.05, 4.69) is 40.2 Å². The molecule has 0 fully saturated rings. The Kier molecular flexibility index (Phi) is 4.77. The molecule has 0 aromatic carbocycles. The Morgan fingerprint density at radius 1 is 1.05 bits per heavy atom. The number of nitriles is 2. The van der Waals surface area contributed by atoms with E-state index >= 15 is 0 Å². The van der Waals surface area contributed by atoms with Crippen molar-refractivity contribution in [3.8, 4) is 12.1 Å². The molecule has 0 saturated heterocycles. The monoisotopic (exact) mass is 318 g/mol. The van der Waals surface area contributed by atoms with E-state index in [4.69, 9.17) is 0 Å². The second kappa shape index (κ2) is 5.76. The van der Waals surface area contributed by atoms with Gasteiger partial charge in [-0.1, -0.05) is 39.7 Å². The summed E-state index contributed by atoms with van der Waals surface area (Å²) in [5, 5.41) is 19.4. The SMILES string of the molecule is CC(C)(C#N)C1=CCC(CBr)=CC(C(C)(C)C#N)=C1. The molecule has 1 aliphatic carbocycles. The minimum Gasteiger partial charge on any atom is -0.197 e. The first-order valence-electron chi connectivity index (χ1n) is 6.27. The fourth-order valence-electron chi connectivity index (χ4n) is 1.81. The Morgan fingerprint density at radius 3 is 2.05 bits per heavy atom. The molecule has 0 N–H and O–H groups in total. The fraction of sp³-hybridized carbons (Fsp3) is 0.500. The van der Waals surface area contributed by atoms with Crippen molar-refractivity contribution in [1.82, 2.24) is 0 Å². The molecule has 0 heterocycles. The van der Waals surface area contributed by atoms with Gasteiger partial charge in [0.15, 0.2) is 0 Å². The number of alkyl halides is 1. The quantitative estimate of drug-likeness (QED) is 0.710. The van der Waals surface area contributed by atoms with Crippen LogP contribution in [0.4, 0.5) is 0 Å². The van der Waals surface area contributed by atoms with Crippen LogP contribution >= 0.6 is 15.9 Å². The van der Waals surface area contributed by atoms with Crippen molar-refractivity contribution in [2.75, 3.05) is 5.33 Å². The Bertz CT molecular complexity index is 534. The molecule has 3 heteroatoms. The van der Waals surface area contributed by atoms with Crippen LogP contribution in [0.2, 0.25) is 0 Å². The molecule has 0 aromatic rings. The Labute approximate surface area is 124 Å². The molecule has 2 nitrogen and oxygen atoms in total. The molecule has 1 aliphatic rings. The van der Waals surface area contributed by atoms with Gasteiger partial charge in [-0.3, -0.25) is 0 Å². The average molecular weight is 319 g/mol. The first kappa shape index (κ1) is 15.7. The van der Waals surface area contributed by atoms with Gasteiger partial charge < -0.3 is 0 Å². The van der Waals surface area contributed by atoms with Gasteiger partial charge in [0.25, 0.3) is 0 Å². The minimum absolute atomic E-state index is 0.535. The van der Waals surface area contributed by atoms with Crippen LogP contribution in [0.5, 0.6) is 0 Å². The van der Waals surface area contributed by atoms with E-state index < -0.39 is 10.8 Å². The lowest BCUT2D eigenvalue weighted by molar-refractivity contribution is 0.591. The fourth-order valence-corrected chi connectivity index (χ4v) is 2.20. The van der Waals surface area contributed by atoms with E-state index in [9.17, 15) is 10.5 Å². The molecule has 0 aromatic heterocycles. The van der Waals surface area contributed by atoms with E-state index in [0.717, 1.165) is 22.9 Å². The van der Waals surface area contributed by atoms with Gasteiger partial charge in [0.1, 0.15) is 0 Å². The zero-order valence-corrected chi connectivity index (χ0v) is 13.5. The summed E-state index contributed by atoms with van der Waals surface area (Å²) >= 11 is 3.48. The van der Waals surface area contributed by atoms with Gasteiger partial charge in [-0.25, -0.2) is 0 Å². The van der Waals surface area contributed by atoms with E-state index in [1.165, 1.54) is 5.57 Å². The first-order chi connectivity index (χ1) is 8.76. The number of hydrogen-bond donors (Lipinski definition) is 0. The van der Waals surface area contributed by atoms with Crippen molar-refractivity contribution in [1.29, 1.82) is 10.5 Å². The second-order valence-corrected chi connectivity index (χ2v) is 6.43. The summed E-state index contributed by atoms with van der Waals surface area (Å²) in [5.74, 6) is 0. The Hall–Kier alpha value is -1.32. The van der Waals surface area contributed by atoms with Crippen molar-refractivity contribution in [3.05, 3.63) is 34.9 Å².